The summed E-state index contributed by atoms with van der Waals surface area (Å²) in [5.74, 6) is -0.948. The van der Waals surface area contributed by atoms with Gasteiger partial charge in [0.25, 0.3) is 0 Å². The Bertz CT molecular complexity index is 292. The second-order valence-corrected chi connectivity index (χ2v) is 2.23. The van der Waals surface area contributed by atoms with Crippen molar-refractivity contribution in [3.8, 4) is 0 Å². The van der Waals surface area contributed by atoms with Gasteiger partial charge in [-0.2, -0.15) is 13.2 Å². The van der Waals surface area contributed by atoms with E-state index in [-0.39, 0.29) is 0 Å². The quantitative estimate of drug-likeness (QED) is 0.487. The van der Waals surface area contributed by atoms with E-state index in [9.17, 15) is 17.6 Å². The third-order valence-corrected chi connectivity index (χ3v) is 1.32. The lowest BCUT2D eigenvalue weighted by Crippen LogP contribution is -2.09. The highest BCUT2D eigenvalue weighted by Crippen LogP contribution is 2.33. The van der Waals surface area contributed by atoms with E-state index < -0.39 is 23.2 Å². The topological polar surface area (TPSA) is 26.0 Å². The molecule has 0 radical (unpaired) electrons. The molecule has 0 saturated carbocycles. The van der Waals surface area contributed by atoms with Gasteiger partial charge in [-0.15, -0.1) is 0 Å². The zero-order chi connectivity index (χ0) is 9.35. The van der Waals surface area contributed by atoms with E-state index in [4.69, 9.17) is 5.73 Å². The first-order valence-corrected chi connectivity index (χ1v) is 3.03. The van der Waals surface area contributed by atoms with Gasteiger partial charge in [0.05, 0.1) is 5.56 Å². The van der Waals surface area contributed by atoms with E-state index in [1.807, 2.05) is 0 Å². The van der Waals surface area contributed by atoms with Crippen LogP contribution in [0.15, 0.2) is 18.2 Å². The van der Waals surface area contributed by atoms with Crippen LogP contribution < -0.4 is 5.73 Å². The van der Waals surface area contributed by atoms with Crippen LogP contribution in [0.5, 0.6) is 0 Å². The number of alkyl halides is 3. The van der Waals surface area contributed by atoms with Crippen LogP contribution in [0, 0.1) is 5.82 Å². The summed E-state index contributed by atoms with van der Waals surface area (Å²) < 4.78 is 48.3. The lowest BCUT2D eigenvalue weighted by Gasteiger charge is -2.08. The maximum absolute atomic E-state index is 12.3. The van der Waals surface area contributed by atoms with E-state index in [0.717, 1.165) is 12.1 Å². The van der Waals surface area contributed by atoms with Crippen LogP contribution in [0.4, 0.5) is 23.2 Å². The number of anilines is 1. The van der Waals surface area contributed by atoms with Crippen LogP contribution in [-0.4, -0.2) is 0 Å². The Morgan fingerprint density at radius 3 is 2.17 bits per heavy atom. The van der Waals surface area contributed by atoms with E-state index in [0.29, 0.717) is 6.07 Å². The van der Waals surface area contributed by atoms with E-state index in [2.05, 4.69) is 0 Å². The summed E-state index contributed by atoms with van der Waals surface area (Å²) in [6.45, 7) is 0. The van der Waals surface area contributed by atoms with Crippen LogP contribution in [0.2, 0.25) is 0 Å². The molecule has 0 atom stereocenters. The molecule has 0 aromatic heterocycles. The van der Waals surface area contributed by atoms with E-state index in [1.54, 1.807) is 0 Å². The van der Waals surface area contributed by atoms with Crippen molar-refractivity contribution in [3.05, 3.63) is 29.6 Å². The second-order valence-electron chi connectivity index (χ2n) is 2.23. The van der Waals surface area contributed by atoms with Crippen LogP contribution >= 0.6 is 0 Å². The van der Waals surface area contributed by atoms with Crippen LogP contribution in [0.3, 0.4) is 0 Å². The first-order chi connectivity index (χ1) is 5.41. The molecule has 5 heteroatoms. The number of nitrogens with two attached hydrogens (primary N) is 1. The van der Waals surface area contributed by atoms with Gasteiger partial charge in [-0.05, 0) is 18.2 Å². The molecule has 66 valence electrons. The Labute approximate surface area is 65.8 Å². The fraction of sp³-hybridized carbons (Fsp3) is 0.143. The third kappa shape index (κ3) is 1.66. The molecule has 1 nitrogen and oxygen atoms in total. The minimum atomic E-state index is -4.59. The predicted octanol–water partition coefficient (Wildman–Crippen LogP) is 2.43. The number of halogens is 4. The summed E-state index contributed by atoms with van der Waals surface area (Å²) in [5.41, 5.74) is 3.38. The van der Waals surface area contributed by atoms with Crippen molar-refractivity contribution in [1.29, 1.82) is 0 Å². The molecule has 0 heterocycles. The van der Waals surface area contributed by atoms with Gasteiger partial charge >= 0.3 is 6.18 Å². The van der Waals surface area contributed by atoms with E-state index >= 15 is 0 Å². The lowest BCUT2D eigenvalue weighted by atomic mass is 10.9. The van der Waals surface area contributed by atoms with Gasteiger partial charge < -0.3 is 5.73 Å². The largest absolute Gasteiger partial charge is 0.418 e. The van der Waals surface area contributed by atoms with Crippen molar-refractivity contribution in [1.82, 2.24) is 0 Å². The summed E-state index contributed by atoms with van der Waals surface area (Å²) in [6.07, 6.45) is -4.59. The minimum absolute atomic E-state index is 0.370. The molecule has 0 saturated heterocycles. The Morgan fingerprint density at radius 1 is 1.17 bits per heavy atom. The maximum atomic E-state index is 12.3. The number of hydrogen-bond acceptors (Lipinski definition) is 1. The first-order valence-electron chi connectivity index (χ1n) is 3.03. The number of nitrogen functional groups attached to an aromatic ring is 1. The molecule has 12 heavy (non-hydrogen) atoms. The molecular weight excluding hydrogens is 180 g/mol. The van der Waals surface area contributed by atoms with Crippen LogP contribution in [0.25, 0.3) is 0 Å². The highest BCUT2D eigenvalue weighted by Gasteiger charge is 2.33. The van der Waals surface area contributed by atoms with Crippen molar-refractivity contribution < 1.29 is 17.6 Å². The normalized spacial score (nSPS) is 11.7. The van der Waals surface area contributed by atoms with Gasteiger partial charge in [-0.1, -0.05) is 0 Å². The van der Waals surface area contributed by atoms with E-state index in [1.165, 1.54) is 0 Å². The lowest BCUT2D eigenvalue weighted by molar-refractivity contribution is -0.137. The van der Waals surface area contributed by atoms with Crippen molar-refractivity contribution in [2.24, 2.45) is 0 Å². The molecule has 2 N–H and O–H groups in total. The molecule has 0 spiro atoms. The van der Waals surface area contributed by atoms with Gasteiger partial charge in [0.1, 0.15) is 5.82 Å². The molecule has 0 unspecified atom stereocenters. The Morgan fingerprint density at radius 2 is 1.75 bits per heavy atom. The van der Waals surface area contributed by atoms with Gasteiger partial charge in [0, 0.05) is 5.69 Å². The average Bonchev–Trinajstić information content (AvgIpc) is 1.92. The van der Waals surface area contributed by atoms with Crippen molar-refractivity contribution in [2.45, 2.75) is 6.18 Å². The highest BCUT2D eigenvalue weighted by molar-refractivity contribution is 5.48. The SMILES string of the molecule is N[13c]1[13cH][13cH][13c](F)[13cH][13c]1C(F)(F)F. The molecular formula is C7H5F4N. The van der Waals surface area contributed by atoms with Gasteiger partial charge in [-0.25, -0.2) is 4.39 Å². The average molecular weight is 185 g/mol. The Balaban J connectivity index is 3.23. The summed E-state index contributed by atoms with van der Waals surface area (Å²) in [4.78, 5) is 0. The number of benzene rings is 1. The van der Waals surface area contributed by atoms with Gasteiger partial charge in [0.2, 0.25) is 0 Å². The molecule has 1 aromatic rings. The fourth-order valence-electron chi connectivity index (χ4n) is 0.774. The zero-order valence-electron chi connectivity index (χ0n) is 5.82. The smallest absolute Gasteiger partial charge is 0.398 e. The molecule has 0 aliphatic carbocycles. The fourth-order valence-corrected chi connectivity index (χ4v) is 0.774. The van der Waals surface area contributed by atoms with Crippen molar-refractivity contribution >= 4 is 5.69 Å². The van der Waals surface area contributed by atoms with Crippen LogP contribution in [-0.2, 0) is 6.18 Å². The summed E-state index contributed by atoms with van der Waals surface area (Å²) >= 11 is 0. The molecule has 0 aliphatic rings. The molecule has 0 bridgehead atoms. The van der Waals surface area contributed by atoms with Crippen molar-refractivity contribution in [2.75, 3.05) is 5.73 Å². The molecule has 0 aliphatic heterocycles. The van der Waals surface area contributed by atoms with Crippen LogP contribution in [0.1, 0.15) is 5.56 Å². The third-order valence-electron chi connectivity index (χ3n) is 1.32. The molecule has 0 fully saturated rings. The first kappa shape index (κ1) is 8.83. The summed E-state index contributed by atoms with van der Waals surface area (Å²) in [7, 11) is 0. The van der Waals surface area contributed by atoms with Crippen molar-refractivity contribution in [3.63, 3.8) is 0 Å². The number of hydrogen-bond donors (Lipinski definition) is 1. The highest BCUT2D eigenvalue weighted by atomic mass is 19.4. The Kier molecular flexibility index (Phi) is 1.95. The molecule has 1 rings (SSSR count). The number of rotatable bonds is 0. The monoisotopic (exact) mass is 185 g/mol. The predicted molar refractivity (Wildman–Crippen MR) is 35.8 cm³/mol. The Hall–Kier alpha value is -1.26. The molecule has 0 amide bonds. The molecule has 1 aromatic carbocycles. The van der Waals surface area contributed by atoms with Gasteiger partial charge in [-0.3, -0.25) is 0 Å². The summed E-state index contributed by atoms with van der Waals surface area (Å²) in [6, 6.07) is 2.14. The second kappa shape index (κ2) is 2.66. The summed E-state index contributed by atoms with van der Waals surface area (Å²) in [5, 5.41) is 0. The minimum Gasteiger partial charge on any atom is -0.398 e. The zero-order valence-corrected chi connectivity index (χ0v) is 5.82. The maximum Gasteiger partial charge on any atom is 0.418 e. The standard InChI is InChI=1S/C7H5F4N/c8-4-1-2-6(12)5(3-4)7(9,10)11/h1-3H,12H2/i1+1,2+1,3+1,4+1,5+1,6+1. The van der Waals surface area contributed by atoms with Gasteiger partial charge in [0.15, 0.2) is 0 Å².